The Kier molecular flexibility index (Phi) is 2.08. The van der Waals surface area contributed by atoms with Crippen molar-refractivity contribution < 1.29 is 9.53 Å². The number of carbonyl (C=O) groups is 1. The SMILES string of the molecule is CC1(C)CS/C(=N\C(N)=O)O1. The van der Waals surface area contributed by atoms with E-state index in [1.807, 2.05) is 13.8 Å². The van der Waals surface area contributed by atoms with E-state index in [1.54, 1.807) is 0 Å². The number of primary amides is 1. The van der Waals surface area contributed by atoms with E-state index >= 15 is 0 Å². The lowest BCUT2D eigenvalue weighted by atomic mass is 10.2. The molecule has 0 spiro atoms. The molecule has 1 heterocycles. The summed E-state index contributed by atoms with van der Waals surface area (Å²) in [4.78, 5) is 13.8. The first-order valence-corrected chi connectivity index (χ1v) is 4.18. The van der Waals surface area contributed by atoms with Gasteiger partial charge in [-0.15, -0.1) is 0 Å². The van der Waals surface area contributed by atoms with Crippen molar-refractivity contribution in [1.29, 1.82) is 0 Å². The van der Waals surface area contributed by atoms with Crippen molar-refractivity contribution in [2.75, 3.05) is 5.75 Å². The van der Waals surface area contributed by atoms with Crippen molar-refractivity contribution in [3.8, 4) is 0 Å². The highest BCUT2D eigenvalue weighted by atomic mass is 32.2. The first-order valence-electron chi connectivity index (χ1n) is 3.19. The van der Waals surface area contributed by atoms with Crippen molar-refractivity contribution in [1.82, 2.24) is 0 Å². The molecule has 0 atom stereocenters. The van der Waals surface area contributed by atoms with Crippen LogP contribution in [0.5, 0.6) is 0 Å². The van der Waals surface area contributed by atoms with E-state index in [9.17, 15) is 4.79 Å². The molecule has 1 saturated heterocycles. The predicted octanol–water partition coefficient (Wildman–Crippen LogP) is 0.963. The van der Waals surface area contributed by atoms with Crippen LogP contribution in [0, 0.1) is 0 Å². The molecule has 2 amide bonds. The largest absolute Gasteiger partial charge is 0.466 e. The lowest BCUT2D eigenvalue weighted by Gasteiger charge is -2.14. The van der Waals surface area contributed by atoms with Crippen LogP contribution >= 0.6 is 11.8 Å². The van der Waals surface area contributed by atoms with Crippen LogP contribution < -0.4 is 5.73 Å². The zero-order chi connectivity index (χ0) is 8.48. The Morgan fingerprint density at radius 1 is 1.82 bits per heavy atom. The molecule has 1 aliphatic heterocycles. The van der Waals surface area contributed by atoms with Crippen LogP contribution in [-0.2, 0) is 4.74 Å². The van der Waals surface area contributed by atoms with Crippen molar-refractivity contribution >= 4 is 23.0 Å². The summed E-state index contributed by atoms with van der Waals surface area (Å²) >= 11 is 1.40. The smallest absolute Gasteiger partial charge is 0.342 e. The normalized spacial score (nSPS) is 25.1. The summed E-state index contributed by atoms with van der Waals surface area (Å²) in [5, 5.41) is 0.377. The van der Waals surface area contributed by atoms with Gasteiger partial charge < -0.3 is 10.5 Å². The third kappa shape index (κ3) is 2.42. The van der Waals surface area contributed by atoms with Crippen molar-refractivity contribution in [2.45, 2.75) is 19.4 Å². The minimum Gasteiger partial charge on any atom is -0.466 e. The number of amides is 2. The highest BCUT2D eigenvalue weighted by Gasteiger charge is 2.30. The van der Waals surface area contributed by atoms with E-state index in [0.29, 0.717) is 5.23 Å². The fraction of sp³-hybridized carbons (Fsp3) is 0.667. The van der Waals surface area contributed by atoms with E-state index in [1.165, 1.54) is 11.8 Å². The molecular formula is C6H10N2O2S. The standard InChI is InChI=1S/C6H10N2O2S/c1-6(2)3-11-5(10-6)8-4(7)9/h3H2,1-2H3,(H2,7,9)/b8-5-. The Morgan fingerprint density at radius 3 is 2.82 bits per heavy atom. The number of urea groups is 1. The number of nitrogens with zero attached hydrogens (tertiary/aromatic N) is 1. The van der Waals surface area contributed by atoms with Crippen LogP contribution in [0.2, 0.25) is 0 Å². The molecule has 1 rings (SSSR count). The first-order chi connectivity index (χ1) is 4.99. The Labute approximate surface area is 69.2 Å². The topological polar surface area (TPSA) is 64.7 Å². The van der Waals surface area contributed by atoms with Crippen LogP contribution in [0.1, 0.15) is 13.8 Å². The fourth-order valence-corrected chi connectivity index (χ4v) is 1.64. The van der Waals surface area contributed by atoms with Gasteiger partial charge in [0.2, 0.25) is 0 Å². The third-order valence-corrected chi connectivity index (χ3v) is 2.37. The summed E-state index contributed by atoms with van der Waals surface area (Å²) in [5.41, 5.74) is 4.62. The Balaban J connectivity index is 2.61. The molecule has 0 radical (unpaired) electrons. The van der Waals surface area contributed by atoms with E-state index in [2.05, 4.69) is 4.99 Å². The van der Waals surface area contributed by atoms with Gasteiger partial charge in [-0.05, 0) is 13.8 Å². The quantitative estimate of drug-likeness (QED) is 0.595. The van der Waals surface area contributed by atoms with Gasteiger partial charge in [0, 0.05) is 5.75 Å². The van der Waals surface area contributed by atoms with Gasteiger partial charge in [-0.1, -0.05) is 11.8 Å². The van der Waals surface area contributed by atoms with Gasteiger partial charge in [-0.2, -0.15) is 4.99 Å². The lowest BCUT2D eigenvalue weighted by molar-refractivity contribution is 0.138. The number of hydrogen-bond donors (Lipinski definition) is 1. The van der Waals surface area contributed by atoms with Crippen LogP contribution in [0.15, 0.2) is 4.99 Å². The highest BCUT2D eigenvalue weighted by Crippen LogP contribution is 2.28. The van der Waals surface area contributed by atoms with E-state index in [-0.39, 0.29) is 5.60 Å². The average Bonchev–Trinajstić information content (AvgIpc) is 2.08. The Bertz CT molecular complexity index is 213. The molecule has 62 valence electrons. The molecule has 0 aliphatic carbocycles. The Morgan fingerprint density at radius 2 is 2.45 bits per heavy atom. The minimum absolute atomic E-state index is 0.223. The van der Waals surface area contributed by atoms with E-state index in [0.717, 1.165) is 5.75 Å². The molecule has 0 aromatic carbocycles. The van der Waals surface area contributed by atoms with Gasteiger partial charge in [0.25, 0.3) is 5.23 Å². The maximum atomic E-state index is 10.3. The Hall–Kier alpha value is -0.710. The zero-order valence-electron chi connectivity index (χ0n) is 6.46. The number of carbonyl (C=O) groups excluding carboxylic acids is 1. The third-order valence-electron chi connectivity index (χ3n) is 1.11. The lowest BCUT2D eigenvalue weighted by Crippen LogP contribution is -2.22. The van der Waals surface area contributed by atoms with Gasteiger partial charge in [-0.3, -0.25) is 0 Å². The van der Waals surface area contributed by atoms with Crippen molar-refractivity contribution in [3.63, 3.8) is 0 Å². The number of thioether (sulfide) groups is 1. The number of ether oxygens (including phenoxy) is 1. The van der Waals surface area contributed by atoms with E-state index in [4.69, 9.17) is 10.5 Å². The molecule has 1 aliphatic rings. The van der Waals surface area contributed by atoms with Crippen molar-refractivity contribution in [3.05, 3.63) is 0 Å². The summed E-state index contributed by atoms with van der Waals surface area (Å²) < 4.78 is 5.27. The summed E-state index contributed by atoms with van der Waals surface area (Å²) in [7, 11) is 0. The summed E-state index contributed by atoms with van der Waals surface area (Å²) in [5.74, 6) is 0.805. The van der Waals surface area contributed by atoms with Crippen molar-refractivity contribution in [2.24, 2.45) is 10.7 Å². The fourth-order valence-electron chi connectivity index (χ4n) is 0.676. The van der Waals surface area contributed by atoms with Gasteiger partial charge in [0.05, 0.1) is 0 Å². The number of hydrogen-bond acceptors (Lipinski definition) is 3. The number of aliphatic imine (C=N–C) groups is 1. The van der Waals surface area contributed by atoms with Gasteiger partial charge in [0.15, 0.2) is 0 Å². The molecule has 0 saturated carbocycles. The molecule has 5 heteroatoms. The zero-order valence-corrected chi connectivity index (χ0v) is 7.27. The second kappa shape index (κ2) is 2.73. The summed E-state index contributed by atoms with van der Waals surface area (Å²) in [6.45, 7) is 3.87. The molecule has 0 aromatic rings. The number of nitrogens with two attached hydrogens (primary N) is 1. The average molecular weight is 174 g/mol. The minimum atomic E-state index is -0.704. The van der Waals surface area contributed by atoms with Crippen LogP contribution in [0.4, 0.5) is 4.79 Å². The second-order valence-electron chi connectivity index (χ2n) is 2.87. The molecular weight excluding hydrogens is 164 g/mol. The molecule has 2 N–H and O–H groups in total. The molecule has 0 unspecified atom stereocenters. The van der Waals surface area contributed by atoms with Crippen LogP contribution in [0.25, 0.3) is 0 Å². The maximum Gasteiger partial charge on any atom is 0.342 e. The number of rotatable bonds is 0. The van der Waals surface area contributed by atoms with Crippen LogP contribution in [-0.4, -0.2) is 22.6 Å². The molecule has 11 heavy (non-hydrogen) atoms. The second-order valence-corrected chi connectivity index (χ2v) is 3.79. The van der Waals surface area contributed by atoms with Gasteiger partial charge in [0.1, 0.15) is 5.60 Å². The van der Waals surface area contributed by atoms with Gasteiger partial charge in [-0.25, -0.2) is 4.79 Å². The monoisotopic (exact) mass is 174 g/mol. The summed E-state index contributed by atoms with van der Waals surface area (Å²) in [6.07, 6.45) is 0. The first kappa shape index (κ1) is 8.39. The predicted molar refractivity (Wildman–Crippen MR) is 44.6 cm³/mol. The molecule has 4 nitrogen and oxygen atoms in total. The summed E-state index contributed by atoms with van der Waals surface area (Å²) in [6, 6.07) is -0.704. The molecule has 0 bridgehead atoms. The molecule has 0 aromatic heterocycles. The van der Waals surface area contributed by atoms with Gasteiger partial charge >= 0.3 is 6.03 Å². The van der Waals surface area contributed by atoms with Crippen LogP contribution in [0.3, 0.4) is 0 Å². The highest BCUT2D eigenvalue weighted by molar-refractivity contribution is 8.13. The molecule has 1 fully saturated rings. The van der Waals surface area contributed by atoms with E-state index < -0.39 is 6.03 Å². The maximum absolute atomic E-state index is 10.3.